The Kier molecular flexibility index (Phi) is 11.0. The van der Waals surface area contributed by atoms with Gasteiger partial charge >= 0.3 is 12.6 Å². The minimum atomic E-state index is -2.83. The molecule has 12 heteroatoms. The van der Waals surface area contributed by atoms with Crippen LogP contribution in [-0.4, -0.2) is 69.9 Å². The van der Waals surface area contributed by atoms with E-state index in [2.05, 4.69) is 50.0 Å². The van der Waals surface area contributed by atoms with E-state index in [1.807, 2.05) is 23.9 Å². The number of nitrogens with two attached hydrogens (primary N) is 1. The minimum absolute atomic E-state index is 0.144. The van der Waals surface area contributed by atoms with Crippen LogP contribution in [0, 0.1) is 0 Å². The van der Waals surface area contributed by atoms with E-state index < -0.39 is 12.6 Å². The van der Waals surface area contributed by atoms with Crippen LogP contribution in [0.15, 0.2) is 66.7 Å². The van der Waals surface area contributed by atoms with Gasteiger partial charge < -0.3 is 25.6 Å². The third kappa shape index (κ3) is 8.45. The van der Waals surface area contributed by atoms with E-state index in [0.717, 1.165) is 78.1 Å². The first-order valence-corrected chi connectivity index (χ1v) is 17.4. The van der Waals surface area contributed by atoms with Gasteiger partial charge in [-0.05, 0) is 53.9 Å². The van der Waals surface area contributed by atoms with Crippen molar-refractivity contribution in [1.29, 1.82) is 0 Å². The molecular weight excluding hydrogens is 642 g/mol. The maximum Gasteiger partial charge on any atom is 0.387 e. The second kappa shape index (κ2) is 15.5. The zero-order valence-electron chi connectivity index (χ0n) is 26.1. The highest BCUT2D eigenvalue weighted by atomic mass is 35.5. The highest BCUT2D eigenvalue weighted by Gasteiger charge is 2.27. The first-order valence-electron chi connectivity index (χ1n) is 15.9. The lowest BCUT2D eigenvalue weighted by Crippen LogP contribution is -2.39. The molecule has 248 valence electrons. The number of urea groups is 1. The number of thioether (sulfide) groups is 1. The number of primary amides is 1. The second-order valence-corrected chi connectivity index (χ2v) is 13.5. The van der Waals surface area contributed by atoms with E-state index in [1.54, 1.807) is 29.2 Å². The second-order valence-electron chi connectivity index (χ2n) is 11.8. The van der Waals surface area contributed by atoms with Crippen LogP contribution in [0.5, 0.6) is 5.75 Å². The molecule has 2 aliphatic rings. The Labute approximate surface area is 283 Å². The molecule has 6 rings (SSSR count). The summed E-state index contributed by atoms with van der Waals surface area (Å²) >= 11 is 8.76. The van der Waals surface area contributed by atoms with Crippen LogP contribution >= 0.6 is 23.4 Å². The summed E-state index contributed by atoms with van der Waals surface area (Å²) in [5.74, 6) is 2.54. The number of carbonyl (C=O) groups is 1. The van der Waals surface area contributed by atoms with Crippen LogP contribution in [-0.2, 0) is 32.6 Å². The molecular formula is C35H39ClF2N6O2S. The Balaban J connectivity index is 1.15. The Morgan fingerprint density at radius 1 is 0.957 bits per heavy atom. The van der Waals surface area contributed by atoms with Gasteiger partial charge in [-0.3, -0.25) is 4.68 Å². The molecule has 0 atom stereocenters. The number of hydrogen-bond acceptors (Lipinski definition) is 6. The zero-order chi connectivity index (χ0) is 32.8. The van der Waals surface area contributed by atoms with Gasteiger partial charge in [0.25, 0.3) is 0 Å². The van der Waals surface area contributed by atoms with Crippen LogP contribution in [0.1, 0.15) is 28.8 Å². The van der Waals surface area contributed by atoms with Crippen LogP contribution in [0.3, 0.4) is 0 Å². The maximum atomic E-state index is 12.4. The molecule has 0 aliphatic carbocycles. The largest absolute Gasteiger partial charge is 0.435 e. The fourth-order valence-electron chi connectivity index (χ4n) is 6.20. The average Bonchev–Trinajstić information content (AvgIpc) is 3.44. The molecule has 0 bridgehead atoms. The number of benzene rings is 3. The standard InChI is InChI=1S/C35H39ClF2N6O2S/c36-31-11-8-27(20-29(31)26-6-2-24(3-7-26)21-40-22-25-4-9-28(10-5-25)46-34(37)38)33-30-23-43(35(39)45)15-12-32(30)44(41-33)14-1-13-42-16-18-47-19-17-42/h2-11,20,34,40H,1,12-19,21-23H2,(H2,39,45). The normalized spacial score (nSPS) is 15.2. The first-order chi connectivity index (χ1) is 22.8. The Morgan fingerprint density at radius 3 is 2.32 bits per heavy atom. The van der Waals surface area contributed by atoms with Crippen molar-refractivity contribution in [1.82, 2.24) is 24.9 Å². The number of alkyl halides is 2. The molecule has 0 saturated carbocycles. The molecule has 47 heavy (non-hydrogen) atoms. The number of rotatable bonds is 12. The summed E-state index contributed by atoms with van der Waals surface area (Å²) in [6.45, 7) is 3.60. The first kappa shape index (κ1) is 33.3. The van der Waals surface area contributed by atoms with Crippen LogP contribution in [0.2, 0.25) is 5.02 Å². The summed E-state index contributed by atoms with van der Waals surface area (Å²) in [4.78, 5) is 16.3. The molecule has 2 aliphatic heterocycles. The van der Waals surface area contributed by atoms with Crippen LogP contribution in [0.4, 0.5) is 13.6 Å². The molecule has 0 spiro atoms. The van der Waals surface area contributed by atoms with E-state index in [4.69, 9.17) is 22.4 Å². The highest BCUT2D eigenvalue weighted by Crippen LogP contribution is 2.36. The van der Waals surface area contributed by atoms with Crippen LogP contribution in [0.25, 0.3) is 22.4 Å². The summed E-state index contributed by atoms with van der Waals surface area (Å²) in [5, 5.41) is 9.15. The summed E-state index contributed by atoms with van der Waals surface area (Å²) in [6, 6.07) is 20.4. The monoisotopic (exact) mass is 680 g/mol. The van der Waals surface area contributed by atoms with Gasteiger partial charge in [-0.2, -0.15) is 25.6 Å². The minimum Gasteiger partial charge on any atom is -0.435 e. The number of aryl methyl sites for hydroxylation is 1. The van der Waals surface area contributed by atoms with Crippen molar-refractivity contribution in [2.24, 2.45) is 5.73 Å². The van der Waals surface area contributed by atoms with E-state index >= 15 is 0 Å². The van der Waals surface area contributed by atoms with E-state index in [1.165, 1.54) is 17.2 Å². The number of nitrogens with zero attached hydrogens (tertiary/aromatic N) is 4. The number of halogens is 3. The number of hydrogen-bond donors (Lipinski definition) is 2. The quantitative estimate of drug-likeness (QED) is 0.175. The Morgan fingerprint density at radius 2 is 1.64 bits per heavy atom. The van der Waals surface area contributed by atoms with Gasteiger partial charge in [0.15, 0.2) is 0 Å². The van der Waals surface area contributed by atoms with Crippen molar-refractivity contribution < 1.29 is 18.3 Å². The van der Waals surface area contributed by atoms with Crippen molar-refractivity contribution in [3.63, 3.8) is 0 Å². The lowest BCUT2D eigenvalue weighted by Gasteiger charge is -2.27. The molecule has 4 aromatic rings. The van der Waals surface area contributed by atoms with Gasteiger partial charge in [-0.1, -0.05) is 54.1 Å². The molecule has 3 N–H and O–H groups in total. The molecule has 1 saturated heterocycles. The number of ether oxygens (including phenoxy) is 1. The molecule has 0 unspecified atom stereocenters. The fourth-order valence-corrected chi connectivity index (χ4v) is 7.41. The van der Waals surface area contributed by atoms with Crippen molar-refractivity contribution >= 4 is 29.4 Å². The molecule has 3 heterocycles. The topological polar surface area (TPSA) is 88.6 Å². The summed E-state index contributed by atoms with van der Waals surface area (Å²) < 4.78 is 31.3. The predicted molar refractivity (Wildman–Crippen MR) is 184 cm³/mol. The van der Waals surface area contributed by atoms with E-state index in [0.29, 0.717) is 31.2 Å². The summed E-state index contributed by atoms with van der Waals surface area (Å²) in [6.07, 6.45) is 1.74. The van der Waals surface area contributed by atoms with Crippen molar-refractivity contribution in [2.45, 2.75) is 45.6 Å². The van der Waals surface area contributed by atoms with Crippen molar-refractivity contribution in [3.05, 3.63) is 94.1 Å². The Hall–Kier alpha value is -3.64. The van der Waals surface area contributed by atoms with Gasteiger partial charge in [-0.25, -0.2) is 4.79 Å². The van der Waals surface area contributed by atoms with Crippen LogP contribution < -0.4 is 15.8 Å². The SMILES string of the molecule is NC(=O)N1CCc2c(c(-c3ccc(Cl)c(-c4ccc(CNCc5ccc(OC(F)F)cc5)cc4)c3)nn2CCCN2CCSCC2)C1. The third-order valence-corrected chi connectivity index (χ3v) is 9.98. The van der Waals surface area contributed by atoms with Gasteiger partial charge in [0.05, 0.1) is 12.2 Å². The average molecular weight is 681 g/mol. The van der Waals surface area contributed by atoms with E-state index in [9.17, 15) is 13.6 Å². The summed E-state index contributed by atoms with van der Waals surface area (Å²) in [5.41, 5.74) is 13.7. The van der Waals surface area contributed by atoms with Gasteiger partial charge in [0.2, 0.25) is 0 Å². The fraction of sp³-hybridized carbons (Fsp3) is 0.371. The van der Waals surface area contributed by atoms with Gasteiger partial charge in [0.1, 0.15) is 5.75 Å². The number of amides is 2. The van der Waals surface area contributed by atoms with Crippen molar-refractivity contribution in [2.75, 3.05) is 37.7 Å². The van der Waals surface area contributed by atoms with Crippen molar-refractivity contribution in [3.8, 4) is 28.1 Å². The highest BCUT2D eigenvalue weighted by molar-refractivity contribution is 7.99. The van der Waals surface area contributed by atoms with Gasteiger partial charge in [0, 0.05) is 84.6 Å². The number of carbonyl (C=O) groups excluding carboxylic acids is 1. The summed E-state index contributed by atoms with van der Waals surface area (Å²) in [7, 11) is 0. The number of aromatic nitrogens is 2. The lowest BCUT2D eigenvalue weighted by atomic mass is 9.97. The van der Waals surface area contributed by atoms with Gasteiger partial charge in [-0.15, -0.1) is 0 Å². The molecule has 8 nitrogen and oxygen atoms in total. The maximum absolute atomic E-state index is 12.4. The molecule has 1 fully saturated rings. The predicted octanol–water partition coefficient (Wildman–Crippen LogP) is 6.64. The zero-order valence-corrected chi connectivity index (χ0v) is 27.7. The smallest absolute Gasteiger partial charge is 0.387 e. The third-order valence-electron chi connectivity index (χ3n) is 8.71. The molecule has 0 radical (unpaired) electrons. The molecule has 2 amide bonds. The van der Waals surface area contributed by atoms with E-state index in [-0.39, 0.29) is 5.75 Å². The lowest BCUT2D eigenvalue weighted by molar-refractivity contribution is -0.0498. The number of nitrogens with one attached hydrogen (secondary N) is 1. The molecule has 1 aromatic heterocycles. The molecule has 3 aromatic carbocycles. The Bertz CT molecular complexity index is 1660. The number of fused-ring (bicyclic) bond motifs is 1.